The summed E-state index contributed by atoms with van der Waals surface area (Å²) in [7, 11) is 0. The van der Waals surface area contributed by atoms with E-state index >= 15 is 0 Å². The van der Waals surface area contributed by atoms with Gasteiger partial charge in [0.1, 0.15) is 0 Å². The molecule has 0 saturated heterocycles. The number of hydrazine groups is 1. The van der Waals surface area contributed by atoms with Gasteiger partial charge in [0.05, 0.1) is 11.7 Å². The summed E-state index contributed by atoms with van der Waals surface area (Å²) in [6.07, 6.45) is 8.91. The first-order valence-corrected chi connectivity index (χ1v) is 11.8. The Labute approximate surface area is 195 Å². The molecule has 1 aliphatic heterocycles. The van der Waals surface area contributed by atoms with E-state index in [2.05, 4.69) is 82.5 Å². The van der Waals surface area contributed by atoms with E-state index in [0.717, 1.165) is 29.2 Å². The van der Waals surface area contributed by atoms with Crippen LogP contribution in [0.25, 0.3) is 11.1 Å². The lowest BCUT2D eigenvalue weighted by Crippen LogP contribution is -2.42. The third-order valence-corrected chi connectivity index (χ3v) is 6.76. The van der Waals surface area contributed by atoms with E-state index in [-0.39, 0.29) is 12.1 Å². The number of hydrogen-bond donors (Lipinski definition) is 3. The zero-order chi connectivity index (χ0) is 21.9. The number of nitrogens with zero attached hydrogens (tertiary/aromatic N) is 1. The van der Waals surface area contributed by atoms with Crippen LogP contribution in [0.4, 0.5) is 11.4 Å². The van der Waals surface area contributed by atoms with Gasteiger partial charge in [-0.2, -0.15) is 0 Å². The molecule has 5 heteroatoms. The first-order valence-electron chi connectivity index (χ1n) is 11.4. The summed E-state index contributed by atoms with van der Waals surface area (Å²) >= 11 is 6.10. The fraction of sp³-hybridized carbons (Fsp3) is 0.259. The van der Waals surface area contributed by atoms with Crippen molar-refractivity contribution in [3.8, 4) is 11.1 Å². The SMILES string of the molecule is NC1CCCCC1Nc1ccc(-c2ccccc2N2NC=CC2c2ccc(Cl)cc2)cc1. The van der Waals surface area contributed by atoms with Gasteiger partial charge in [0.15, 0.2) is 0 Å². The minimum Gasteiger partial charge on any atom is -0.381 e. The Balaban J connectivity index is 1.39. The van der Waals surface area contributed by atoms with E-state index in [1.165, 1.54) is 29.5 Å². The first kappa shape index (κ1) is 20.9. The van der Waals surface area contributed by atoms with Crippen LogP contribution in [0.5, 0.6) is 0 Å². The van der Waals surface area contributed by atoms with Crippen molar-refractivity contribution in [2.75, 3.05) is 10.3 Å². The second-order valence-corrected chi connectivity index (χ2v) is 9.08. The highest BCUT2D eigenvalue weighted by Gasteiger charge is 2.25. The standard InChI is InChI=1S/C27H29ClN4/c28-21-13-9-20(10-14-21)26-17-18-30-32(26)27-8-4-1-5-23(27)19-11-15-22(16-12-19)31-25-7-3-2-6-24(25)29/h1,4-5,8-18,24-26,30-31H,2-3,6-7,29H2. The van der Waals surface area contributed by atoms with Crippen molar-refractivity contribution in [1.29, 1.82) is 0 Å². The summed E-state index contributed by atoms with van der Waals surface area (Å²) in [6, 6.07) is 26.0. The van der Waals surface area contributed by atoms with Crippen molar-refractivity contribution >= 4 is 23.0 Å². The number of nitrogens with one attached hydrogen (secondary N) is 2. The predicted octanol–water partition coefficient (Wildman–Crippen LogP) is 6.27. The molecule has 3 aromatic rings. The topological polar surface area (TPSA) is 53.3 Å². The maximum Gasteiger partial charge on any atom is 0.0952 e. The van der Waals surface area contributed by atoms with Crippen molar-refractivity contribution in [2.45, 2.75) is 43.8 Å². The predicted molar refractivity (Wildman–Crippen MR) is 135 cm³/mol. The van der Waals surface area contributed by atoms with Crippen molar-refractivity contribution < 1.29 is 0 Å². The average molecular weight is 445 g/mol. The zero-order valence-corrected chi connectivity index (χ0v) is 18.8. The Morgan fingerprint density at radius 3 is 2.44 bits per heavy atom. The molecule has 164 valence electrons. The molecule has 1 saturated carbocycles. The molecule has 3 unspecified atom stereocenters. The van der Waals surface area contributed by atoms with Gasteiger partial charge in [0.25, 0.3) is 0 Å². The molecular weight excluding hydrogens is 416 g/mol. The maximum absolute atomic E-state index is 6.32. The first-order chi connectivity index (χ1) is 15.7. The van der Waals surface area contributed by atoms with E-state index in [1.807, 2.05) is 18.3 Å². The van der Waals surface area contributed by atoms with Crippen molar-refractivity contribution in [2.24, 2.45) is 5.73 Å². The number of para-hydroxylation sites is 1. The minimum atomic E-state index is 0.0992. The molecule has 5 rings (SSSR count). The van der Waals surface area contributed by atoms with E-state index in [4.69, 9.17) is 17.3 Å². The van der Waals surface area contributed by atoms with Crippen LogP contribution in [-0.4, -0.2) is 12.1 Å². The van der Waals surface area contributed by atoms with Gasteiger partial charge in [-0.15, -0.1) is 0 Å². The molecule has 3 aromatic carbocycles. The monoisotopic (exact) mass is 444 g/mol. The van der Waals surface area contributed by atoms with E-state index < -0.39 is 0 Å². The molecule has 0 aromatic heterocycles. The summed E-state index contributed by atoms with van der Waals surface area (Å²) in [4.78, 5) is 0. The lowest BCUT2D eigenvalue weighted by molar-refractivity contribution is 0.404. The summed E-state index contributed by atoms with van der Waals surface area (Å²) in [5, 5.41) is 6.59. The van der Waals surface area contributed by atoms with Crippen LogP contribution in [0.3, 0.4) is 0 Å². The van der Waals surface area contributed by atoms with Crippen molar-refractivity contribution in [3.63, 3.8) is 0 Å². The molecule has 1 aliphatic carbocycles. The van der Waals surface area contributed by atoms with Crippen LogP contribution in [-0.2, 0) is 0 Å². The van der Waals surface area contributed by atoms with Gasteiger partial charge < -0.3 is 16.5 Å². The molecule has 0 amide bonds. The molecule has 3 atom stereocenters. The average Bonchev–Trinajstić information content (AvgIpc) is 3.31. The smallest absolute Gasteiger partial charge is 0.0952 e. The fourth-order valence-electron chi connectivity index (χ4n) is 4.75. The van der Waals surface area contributed by atoms with Crippen LogP contribution in [0.2, 0.25) is 5.02 Å². The lowest BCUT2D eigenvalue weighted by atomic mass is 9.91. The second kappa shape index (κ2) is 9.27. The second-order valence-electron chi connectivity index (χ2n) is 8.65. The number of rotatable bonds is 5. The van der Waals surface area contributed by atoms with Crippen LogP contribution in [0.1, 0.15) is 37.3 Å². The van der Waals surface area contributed by atoms with Crippen LogP contribution < -0.4 is 21.5 Å². The molecule has 2 aliphatic rings. The Hall–Kier alpha value is -2.95. The summed E-state index contributed by atoms with van der Waals surface area (Å²) in [5.74, 6) is 0. The molecule has 1 fully saturated rings. The van der Waals surface area contributed by atoms with E-state index in [0.29, 0.717) is 6.04 Å². The molecule has 0 bridgehead atoms. The number of anilines is 2. The van der Waals surface area contributed by atoms with Crippen molar-refractivity contribution in [1.82, 2.24) is 5.43 Å². The maximum atomic E-state index is 6.32. The zero-order valence-electron chi connectivity index (χ0n) is 18.0. The minimum absolute atomic E-state index is 0.0992. The number of halogens is 1. The van der Waals surface area contributed by atoms with Gasteiger partial charge >= 0.3 is 0 Å². The Morgan fingerprint density at radius 1 is 0.906 bits per heavy atom. The fourth-order valence-corrected chi connectivity index (χ4v) is 4.87. The van der Waals surface area contributed by atoms with Crippen LogP contribution in [0.15, 0.2) is 85.1 Å². The molecular formula is C27H29ClN4. The molecule has 0 spiro atoms. The quantitative estimate of drug-likeness (QED) is 0.434. The van der Waals surface area contributed by atoms with Gasteiger partial charge in [-0.25, -0.2) is 0 Å². The van der Waals surface area contributed by atoms with Gasteiger partial charge in [0, 0.05) is 34.6 Å². The molecule has 32 heavy (non-hydrogen) atoms. The van der Waals surface area contributed by atoms with Crippen LogP contribution >= 0.6 is 11.6 Å². The van der Waals surface area contributed by atoms with Gasteiger partial charge in [-0.3, -0.25) is 5.01 Å². The highest BCUT2D eigenvalue weighted by molar-refractivity contribution is 6.30. The highest BCUT2D eigenvalue weighted by Crippen LogP contribution is 2.37. The molecule has 4 nitrogen and oxygen atoms in total. The normalized spacial score (nSPS) is 22.6. The molecule has 0 radical (unpaired) electrons. The number of nitrogens with two attached hydrogens (primary N) is 1. The summed E-state index contributed by atoms with van der Waals surface area (Å²) in [5.41, 5.74) is 15.5. The molecule has 4 N–H and O–H groups in total. The number of hydrogen-bond acceptors (Lipinski definition) is 4. The Morgan fingerprint density at radius 2 is 1.66 bits per heavy atom. The Bertz CT molecular complexity index is 1080. The van der Waals surface area contributed by atoms with Gasteiger partial charge in [-0.05, 0) is 60.4 Å². The Kier molecular flexibility index (Phi) is 6.06. The third kappa shape index (κ3) is 4.34. The lowest BCUT2D eigenvalue weighted by Gasteiger charge is -2.30. The van der Waals surface area contributed by atoms with Crippen molar-refractivity contribution in [3.05, 3.63) is 95.7 Å². The highest BCUT2D eigenvalue weighted by atomic mass is 35.5. The van der Waals surface area contributed by atoms with Gasteiger partial charge in [-0.1, -0.05) is 66.9 Å². The van der Waals surface area contributed by atoms with E-state index in [1.54, 1.807) is 0 Å². The summed E-state index contributed by atoms with van der Waals surface area (Å²) < 4.78 is 0. The van der Waals surface area contributed by atoms with Gasteiger partial charge in [0.2, 0.25) is 0 Å². The summed E-state index contributed by atoms with van der Waals surface area (Å²) in [6.45, 7) is 0. The van der Waals surface area contributed by atoms with Crippen LogP contribution in [0, 0.1) is 0 Å². The third-order valence-electron chi connectivity index (χ3n) is 6.51. The molecule has 1 heterocycles. The largest absolute Gasteiger partial charge is 0.381 e. The number of benzene rings is 3. The van der Waals surface area contributed by atoms with E-state index in [9.17, 15) is 0 Å².